The molecule has 0 atom stereocenters. The second-order valence-corrected chi connectivity index (χ2v) is 5.60. The summed E-state index contributed by atoms with van der Waals surface area (Å²) in [6, 6.07) is 7.67. The average molecular weight is 291 g/mol. The first-order chi connectivity index (χ1) is 9.60. The summed E-state index contributed by atoms with van der Waals surface area (Å²) in [6.45, 7) is 4.90. The fourth-order valence-corrected chi connectivity index (χ4v) is 2.35. The van der Waals surface area contributed by atoms with Gasteiger partial charge in [0.2, 0.25) is 0 Å². The van der Waals surface area contributed by atoms with Gasteiger partial charge < -0.3 is 4.74 Å². The third kappa shape index (κ3) is 3.55. The summed E-state index contributed by atoms with van der Waals surface area (Å²) in [4.78, 5) is 15.6. The molecule has 1 amide bonds. The van der Waals surface area contributed by atoms with Crippen molar-refractivity contribution in [2.75, 3.05) is 6.61 Å². The molecule has 2 aromatic rings. The van der Waals surface area contributed by atoms with E-state index in [2.05, 4.69) is 24.3 Å². The number of rotatable bonds is 5. The molecule has 0 radical (unpaired) electrons. The van der Waals surface area contributed by atoms with Crippen molar-refractivity contribution in [2.45, 2.75) is 13.8 Å². The van der Waals surface area contributed by atoms with Crippen LogP contribution in [0.15, 0.2) is 29.6 Å². The Morgan fingerprint density at radius 3 is 2.70 bits per heavy atom. The number of hydrogen-bond acceptors (Lipinski definition) is 5. The molecular weight excluding hydrogens is 274 g/mol. The predicted molar refractivity (Wildman–Crippen MR) is 79.5 cm³/mol. The third-order valence-electron chi connectivity index (χ3n) is 2.55. The Bertz CT molecular complexity index is 578. The number of carbonyl (C=O) groups excluding carboxylic acids is 1. The number of thiazole rings is 1. The number of hydrogen-bond donors (Lipinski definition) is 2. The van der Waals surface area contributed by atoms with E-state index in [1.165, 1.54) is 11.3 Å². The lowest BCUT2D eigenvalue weighted by Crippen LogP contribution is -2.30. The van der Waals surface area contributed by atoms with E-state index in [9.17, 15) is 4.79 Å². The van der Waals surface area contributed by atoms with Crippen LogP contribution in [0.1, 0.15) is 24.3 Å². The lowest BCUT2D eigenvalue weighted by molar-refractivity contribution is 0.0949. The maximum Gasteiger partial charge on any atom is 0.284 e. The van der Waals surface area contributed by atoms with E-state index < -0.39 is 0 Å². The zero-order chi connectivity index (χ0) is 14.5. The third-order valence-corrected chi connectivity index (χ3v) is 3.44. The summed E-state index contributed by atoms with van der Waals surface area (Å²) in [6.07, 6.45) is 0. The van der Waals surface area contributed by atoms with Gasteiger partial charge in [0.1, 0.15) is 16.5 Å². The first-order valence-corrected chi connectivity index (χ1v) is 7.18. The van der Waals surface area contributed by atoms with Crippen molar-refractivity contribution < 1.29 is 9.53 Å². The van der Waals surface area contributed by atoms with E-state index in [4.69, 9.17) is 10.6 Å². The van der Waals surface area contributed by atoms with Gasteiger partial charge in [-0.25, -0.2) is 10.8 Å². The molecule has 0 aliphatic rings. The number of benzene rings is 1. The second-order valence-electron chi connectivity index (χ2n) is 4.74. The van der Waals surface area contributed by atoms with E-state index in [-0.39, 0.29) is 5.91 Å². The molecule has 0 unspecified atom stereocenters. The number of hydrazine groups is 1. The highest BCUT2D eigenvalue weighted by Gasteiger charge is 2.10. The van der Waals surface area contributed by atoms with Gasteiger partial charge in [0.15, 0.2) is 0 Å². The van der Waals surface area contributed by atoms with Crippen molar-refractivity contribution in [2.24, 2.45) is 11.8 Å². The molecule has 0 fully saturated rings. The highest BCUT2D eigenvalue weighted by Crippen LogP contribution is 2.25. The van der Waals surface area contributed by atoms with Crippen LogP contribution in [0.25, 0.3) is 10.6 Å². The number of ether oxygens (including phenoxy) is 1. The second kappa shape index (κ2) is 6.49. The molecule has 6 heteroatoms. The van der Waals surface area contributed by atoms with Crippen LogP contribution in [-0.4, -0.2) is 17.5 Å². The minimum absolute atomic E-state index is 0.327. The number of amides is 1. The van der Waals surface area contributed by atoms with Gasteiger partial charge in [-0.15, -0.1) is 11.3 Å². The van der Waals surface area contributed by atoms with Gasteiger partial charge in [-0.3, -0.25) is 10.2 Å². The fourth-order valence-electron chi connectivity index (χ4n) is 1.54. The zero-order valence-electron chi connectivity index (χ0n) is 11.4. The van der Waals surface area contributed by atoms with Crippen molar-refractivity contribution >= 4 is 17.2 Å². The molecule has 0 saturated heterocycles. The van der Waals surface area contributed by atoms with Crippen LogP contribution in [0.5, 0.6) is 5.75 Å². The minimum atomic E-state index is -0.385. The van der Waals surface area contributed by atoms with Crippen molar-refractivity contribution in [1.29, 1.82) is 0 Å². The van der Waals surface area contributed by atoms with Crippen molar-refractivity contribution in [3.05, 3.63) is 35.3 Å². The van der Waals surface area contributed by atoms with Gasteiger partial charge in [-0.2, -0.15) is 0 Å². The molecule has 2 rings (SSSR count). The fraction of sp³-hybridized carbons (Fsp3) is 0.286. The van der Waals surface area contributed by atoms with Gasteiger partial charge >= 0.3 is 0 Å². The van der Waals surface area contributed by atoms with Gasteiger partial charge in [-0.05, 0) is 30.2 Å². The highest BCUT2D eigenvalue weighted by atomic mass is 32.1. The monoisotopic (exact) mass is 291 g/mol. The Morgan fingerprint density at radius 1 is 1.40 bits per heavy atom. The average Bonchev–Trinajstić information content (AvgIpc) is 2.94. The molecule has 106 valence electrons. The summed E-state index contributed by atoms with van der Waals surface area (Å²) >= 11 is 1.40. The Balaban J connectivity index is 2.09. The van der Waals surface area contributed by atoms with Crippen molar-refractivity contribution in [3.63, 3.8) is 0 Å². The number of carbonyl (C=O) groups is 1. The maximum atomic E-state index is 11.3. The molecule has 0 bridgehead atoms. The minimum Gasteiger partial charge on any atom is -0.493 e. The van der Waals surface area contributed by atoms with Crippen LogP contribution < -0.4 is 16.0 Å². The molecule has 0 aliphatic heterocycles. The normalized spacial score (nSPS) is 10.6. The van der Waals surface area contributed by atoms with E-state index in [1.54, 1.807) is 5.38 Å². The van der Waals surface area contributed by atoms with Gasteiger partial charge in [0, 0.05) is 10.9 Å². The Morgan fingerprint density at radius 2 is 2.10 bits per heavy atom. The number of nitrogens with zero attached hydrogens (tertiary/aromatic N) is 1. The van der Waals surface area contributed by atoms with Crippen molar-refractivity contribution in [3.8, 4) is 16.3 Å². The summed E-state index contributed by atoms with van der Waals surface area (Å²) in [5.74, 6) is 6.02. The molecule has 1 aromatic carbocycles. The van der Waals surface area contributed by atoms with E-state index in [0.717, 1.165) is 16.3 Å². The number of nitrogens with two attached hydrogens (primary N) is 1. The first kappa shape index (κ1) is 14.5. The van der Waals surface area contributed by atoms with Crippen LogP contribution in [-0.2, 0) is 0 Å². The van der Waals surface area contributed by atoms with Crippen LogP contribution in [0.2, 0.25) is 0 Å². The summed E-state index contributed by atoms with van der Waals surface area (Å²) in [5.41, 5.74) is 3.34. The van der Waals surface area contributed by atoms with Gasteiger partial charge in [0.25, 0.3) is 5.91 Å². The SMILES string of the molecule is CC(C)COc1ccc(-c2nc(C(=O)NN)cs2)cc1. The molecule has 0 aliphatic carbocycles. The molecule has 3 N–H and O–H groups in total. The van der Waals surface area contributed by atoms with Crippen LogP contribution >= 0.6 is 11.3 Å². The summed E-state index contributed by atoms with van der Waals surface area (Å²) in [7, 11) is 0. The molecule has 5 nitrogen and oxygen atoms in total. The highest BCUT2D eigenvalue weighted by molar-refractivity contribution is 7.13. The topological polar surface area (TPSA) is 77.2 Å². The lowest BCUT2D eigenvalue weighted by atomic mass is 10.2. The van der Waals surface area contributed by atoms with E-state index >= 15 is 0 Å². The molecule has 0 saturated carbocycles. The van der Waals surface area contributed by atoms with E-state index in [0.29, 0.717) is 18.2 Å². The molecular formula is C14H17N3O2S. The number of aromatic nitrogens is 1. The zero-order valence-corrected chi connectivity index (χ0v) is 12.2. The molecule has 1 aromatic heterocycles. The Labute approximate surface area is 121 Å². The van der Waals surface area contributed by atoms with Crippen LogP contribution in [0.4, 0.5) is 0 Å². The van der Waals surface area contributed by atoms with E-state index in [1.807, 2.05) is 24.3 Å². The summed E-state index contributed by atoms with van der Waals surface area (Å²) < 4.78 is 5.62. The van der Waals surface area contributed by atoms with Crippen LogP contribution in [0, 0.1) is 5.92 Å². The lowest BCUT2D eigenvalue weighted by Gasteiger charge is -2.08. The standard InChI is InChI=1S/C14H17N3O2S/c1-9(2)7-19-11-5-3-10(4-6-11)14-16-12(8-20-14)13(18)17-15/h3-6,8-9H,7,15H2,1-2H3,(H,17,18). The number of nitrogens with one attached hydrogen (secondary N) is 1. The molecule has 0 spiro atoms. The molecule has 20 heavy (non-hydrogen) atoms. The predicted octanol–water partition coefficient (Wildman–Crippen LogP) is 2.45. The van der Waals surface area contributed by atoms with Gasteiger partial charge in [0.05, 0.1) is 6.61 Å². The van der Waals surface area contributed by atoms with Crippen LogP contribution in [0.3, 0.4) is 0 Å². The first-order valence-electron chi connectivity index (χ1n) is 6.30. The maximum absolute atomic E-state index is 11.3. The Hall–Kier alpha value is -1.92. The smallest absolute Gasteiger partial charge is 0.284 e. The molecule has 1 heterocycles. The number of nitrogen functional groups attached to an aromatic ring is 1. The summed E-state index contributed by atoms with van der Waals surface area (Å²) in [5, 5.41) is 2.46. The van der Waals surface area contributed by atoms with Crippen molar-refractivity contribution in [1.82, 2.24) is 10.4 Å². The largest absolute Gasteiger partial charge is 0.493 e. The quantitative estimate of drug-likeness (QED) is 0.504. The Kier molecular flexibility index (Phi) is 4.70. The van der Waals surface area contributed by atoms with Gasteiger partial charge in [-0.1, -0.05) is 13.8 Å².